The predicted molar refractivity (Wildman–Crippen MR) is 52.0 cm³/mol. The summed E-state index contributed by atoms with van der Waals surface area (Å²) in [4.78, 5) is 3.60. The van der Waals surface area contributed by atoms with Crippen molar-refractivity contribution in [2.75, 3.05) is 0 Å². The Balaban J connectivity index is 2.94. The molecule has 1 N–H and O–H groups in total. The monoisotopic (exact) mass is 193 g/mol. The van der Waals surface area contributed by atoms with Crippen LogP contribution in [0, 0.1) is 17.7 Å². The molecule has 74 valence electrons. The lowest BCUT2D eigenvalue weighted by Crippen LogP contribution is -2.19. The van der Waals surface area contributed by atoms with E-state index in [9.17, 15) is 9.50 Å². The second kappa shape index (κ2) is 4.21. The van der Waals surface area contributed by atoms with Crippen molar-refractivity contribution in [3.05, 3.63) is 29.8 Å². The van der Waals surface area contributed by atoms with Crippen LogP contribution < -0.4 is 0 Å². The average Bonchev–Trinajstić information content (AvgIpc) is 2.17. The van der Waals surface area contributed by atoms with Crippen molar-refractivity contribution >= 4 is 0 Å². The van der Waals surface area contributed by atoms with Crippen molar-refractivity contribution in [1.29, 1.82) is 0 Å². The number of aliphatic hydroxyl groups is 1. The molecule has 0 aromatic carbocycles. The number of rotatable bonds is 1. The Morgan fingerprint density at radius 3 is 2.93 bits per heavy atom. The molecule has 0 aliphatic carbocycles. The number of hydrogen-bond donors (Lipinski definition) is 1. The molecule has 0 saturated carbocycles. The van der Waals surface area contributed by atoms with E-state index in [4.69, 9.17) is 0 Å². The molecule has 1 heterocycles. The maximum absolute atomic E-state index is 13.0. The minimum Gasteiger partial charge on any atom is -0.378 e. The van der Waals surface area contributed by atoms with E-state index < -0.39 is 11.4 Å². The molecule has 0 aliphatic heterocycles. The SMILES string of the molecule is CCC(C)(O)C#Cc1ccncc1F. The Morgan fingerprint density at radius 1 is 1.64 bits per heavy atom. The molecule has 14 heavy (non-hydrogen) atoms. The summed E-state index contributed by atoms with van der Waals surface area (Å²) in [6, 6.07) is 1.48. The van der Waals surface area contributed by atoms with Crippen LogP contribution in [0.2, 0.25) is 0 Å². The van der Waals surface area contributed by atoms with Gasteiger partial charge in [-0.25, -0.2) is 4.39 Å². The van der Waals surface area contributed by atoms with E-state index in [1.165, 1.54) is 12.3 Å². The fourth-order valence-electron chi connectivity index (χ4n) is 0.767. The van der Waals surface area contributed by atoms with Gasteiger partial charge in [-0.2, -0.15) is 0 Å². The molecule has 3 heteroatoms. The molecule has 0 bridgehead atoms. The Bertz CT molecular complexity index is 376. The predicted octanol–water partition coefficient (Wildman–Crippen LogP) is 1.73. The van der Waals surface area contributed by atoms with Gasteiger partial charge >= 0.3 is 0 Å². The highest BCUT2D eigenvalue weighted by molar-refractivity contribution is 5.35. The van der Waals surface area contributed by atoms with Gasteiger partial charge < -0.3 is 5.11 Å². The number of aromatic nitrogens is 1. The minimum absolute atomic E-state index is 0.258. The lowest BCUT2D eigenvalue weighted by Gasteiger charge is -2.11. The number of hydrogen-bond acceptors (Lipinski definition) is 2. The summed E-state index contributed by atoms with van der Waals surface area (Å²) in [7, 11) is 0. The molecule has 1 aromatic rings. The van der Waals surface area contributed by atoms with Crippen LogP contribution in [0.5, 0.6) is 0 Å². The largest absolute Gasteiger partial charge is 0.378 e. The highest BCUT2D eigenvalue weighted by atomic mass is 19.1. The molecule has 0 fully saturated rings. The zero-order chi connectivity index (χ0) is 10.6. The van der Waals surface area contributed by atoms with Gasteiger partial charge in [0.15, 0.2) is 5.82 Å². The number of pyridine rings is 1. The summed E-state index contributed by atoms with van der Waals surface area (Å²) >= 11 is 0. The fourth-order valence-corrected chi connectivity index (χ4v) is 0.767. The molecular weight excluding hydrogens is 181 g/mol. The third-order valence-electron chi connectivity index (χ3n) is 1.93. The van der Waals surface area contributed by atoms with Gasteiger partial charge in [-0.1, -0.05) is 18.8 Å². The molecule has 0 aliphatic rings. The van der Waals surface area contributed by atoms with E-state index in [0.29, 0.717) is 6.42 Å². The van der Waals surface area contributed by atoms with Crippen LogP contribution in [-0.4, -0.2) is 15.7 Å². The Morgan fingerprint density at radius 2 is 2.36 bits per heavy atom. The zero-order valence-electron chi connectivity index (χ0n) is 8.21. The van der Waals surface area contributed by atoms with E-state index >= 15 is 0 Å². The molecule has 0 radical (unpaired) electrons. The highest BCUT2D eigenvalue weighted by Gasteiger charge is 2.12. The van der Waals surface area contributed by atoms with Crippen LogP contribution in [0.25, 0.3) is 0 Å². The van der Waals surface area contributed by atoms with Gasteiger partial charge in [0.05, 0.1) is 11.8 Å². The summed E-state index contributed by atoms with van der Waals surface area (Å²) in [5, 5.41) is 9.56. The molecular formula is C11H12FNO. The highest BCUT2D eigenvalue weighted by Crippen LogP contribution is 2.07. The third kappa shape index (κ3) is 2.82. The second-order valence-corrected chi connectivity index (χ2v) is 3.23. The van der Waals surface area contributed by atoms with Gasteiger partial charge in [0, 0.05) is 6.20 Å². The van der Waals surface area contributed by atoms with E-state index in [1.54, 1.807) is 6.92 Å². The quantitative estimate of drug-likeness (QED) is 0.689. The van der Waals surface area contributed by atoms with E-state index in [2.05, 4.69) is 16.8 Å². The van der Waals surface area contributed by atoms with Gasteiger partial charge in [-0.05, 0) is 19.4 Å². The number of halogens is 1. The lowest BCUT2D eigenvalue weighted by molar-refractivity contribution is 0.118. The van der Waals surface area contributed by atoms with Gasteiger partial charge in [-0.3, -0.25) is 4.98 Å². The van der Waals surface area contributed by atoms with Gasteiger partial charge in [0.1, 0.15) is 5.60 Å². The van der Waals surface area contributed by atoms with Crippen molar-refractivity contribution in [3.63, 3.8) is 0 Å². The second-order valence-electron chi connectivity index (χ2n) is 3.23. The van der Waals surface area contributed by atoms with Gasteiger partial charge in [-0.15, -0.1) is 0 Å². The molecule has 1 unspecified atom stereocenters. The lowest BCUT2D eigenvalue weighted by atomic mass is 10.0. The summed E-state index contributed by atoms with van der Waals surface area (Å²) < 4.78 is 13.0. The van der Waals surface area contributed by atoms with Crippen LogP contribution in [0.4, 0.5) is 4.39 Å². The maximum Gasteiger partial charge on any atom is 0.157 e. The molecule has 2 nitrogen and oxygen atoms in total. The van der Waals surface area contributed by atoms with Crippen molar-refractivity contribution in [1.82, 2.24) is 4.98 Å². The average molecular weight is 193 g/mol. The van der Waals surface area contributed by atoms with E-state index in [-0.39, 0.29) is 5.56 Å². The van der Waals surface area contributed by atoms with Gasteiger partial charge in [0.25, 0.3) is 0 Å². The standard InChI is InChI=1S/C11H12FNO/c1-3-11(2,14)6-4-9-5-7-13-8-10(9)12/h5,7-8,14H,3H2,1-2H3. The molecule has 0 saturated heterocycles. The minimum atomic E-state index is -1.06. The van der Waals surface area contributed by atoms with Crippen LogP contribution in [0.1, 0.15) is 25.8 Å². The first kappa shape index (κ1) is 10.7. The first-order valence-corrected chi connectivity index (χ1v) is 4.40. The first-order chi connectivity index (χ1) is 6.55. The van der Waals surface area contributed by atoms with E-state index in [1.807, 2.05) is 6.92 Å². The fraction of sp³-hybridized carbons (Fsp3) is 0.364. The van der Waals surface area contributed by atoms with E-state index in [0.717, 1.165) is 6.20 Å². The van der Waals surface area contributed by atoms with Crippen LogP contribution in [0.3, 0.4) is 0 Å². The summed E-state index contributed by atoms with van der Waals surface area (Å²) in [6.07, 6.45) is 3.07. The smallest absolute Gasteiger partial charge is 0.157 e. The molecule has 1 atom stereocenters. The van der Waals surface area contributed by atoms with Crippen LogP contribution in [0.15, 0.2) is 18.5 Å². The zero-order valence-corrected chi connectivity index (χ0v) is 8.21. The van der Waals surface area contributed by atoms with Crippen molar-refractivity contribution in [2.24, 2.45) is 0 Å². The van der Waals surface area contributed by atoms with Crippen LogP contribution in [-0.2, 0) is 0 Å². The van der Waals surface area contributed by atoms with Crippen LogP contribution >= 0.6 is 0 Å². The summed E-state index contributed by atoms with van der Waals surface area (Å²) in [5.74, 6) is 4.73. The molecule has 1 aromatic heterocycles. The number of nitrogens with zero attached hydrogens (tertiary/aromatic N) is 1. The molecule has 0 spiro atoms. The maximum atomic E-state index is 13.0. The topological polar surface area (TPSA) is 33.1 Å². The van der Waals surface area contributed by atoms with Crippen molar-refractivity contribution < 1.29 is 9.50 Å². The Labute approximate surface area is 82.8 Å². The van der Waals surface area contributed by atoms with Crippen molar-refractivity contribution in [3.8, 4) is 11.8 Å². The normalized spacial score (nSPS) is 14.0. The molecule has 0 amide bonds. The Kier molecular flexibility index (Phi) is 3.21. The van der Waals surface area contributed by atoms with Crippen molar-refractivity contribution in [2.45, 2.75) is 25.9 Å². The summed E-state index contributed by atoms with van der Waals surface area (Å²) in [6.45, 7) is 3.41. The first-order valence-electron chi connectivity index (χ1n) is 4.40. The third-order valence-corrected chi connectivity index (χ3v) is 1.93. The molecule has 1 rings (SSSR count). The Hall–Kier alpha value is -1.40. The summed E-state index contributed by atoms with van der Waals surface area (Å²) in [5.41, 5.74) is -0.802. The van der Waals surface area contributed by atoms with Gasteiger partial charge in [0.2, 0.25) is 0 Å².